The van der Waals surface area contributed by atoms with Crippen LogP contribution in [0.2, 0.25) is 0 Å². The molecule has 29 heavy (non-hydrogen) atoms. The Morgan fingerprint density at radius 3 is 2.00 bits per heavy atom. The van der Waals surface area contributed by atoms with Crippen molar-refractivity contribution < 1.29 is 0 Å². The second-order valence-electron chi connectivity index (χ2n) is 7.26. The van der Waals surface area contributed by atoms with Gasteiger partial charge in [-0.15, -0.1) is 12.6 Å². The van der Waals surface area contributed by atoms with Gasteiger partial charge >= 0.3 is 0 Å². The lowest BCUT2D eigenvalue weighted by Crippen LogP contribution is -2.35. The van der Waals surface area contributed by atoms with Crippen LogP contribution in [0.4, 0.5) is 5.95 Å². The number of benzene rings is 2. The van der Waals surface area contributed by atoms with Gasteiger partial charge in [0.2, 0.25) is 5.95 Å². The summed E-state index contributed by atoms with van der Waals surface area (Å²) in [7, 11) is 0. The third-order valence-corrected chi connectivity index (χ3v) is 5.82. The number of nitrogens with two attached hydrogens (primary N) is 1. The Kier molecular flexibility index (Phi) is 5.67. The quantitative estimate of drug-likeness (QED) is 0.398. The van der Waals surface area contributed by atoms with Crippen LogP contribution in [0.5, 0.6) is 0 Å². The van der Waals surface area contributed by atoms with Crippen LogP contribution < -0.4 is 5.73 Å². The number of thiol groups is 1. The summed E-state index contributed by atoms with van der Waals surface area (Å²) in [5.74, 6) is 0.306. The standard InChI is InChI=1S/C18H18N4.C6H6S/c19-17-21-11-14(12-22-17)13-4-6-15(7-5-13)18(8-2-9-18)16-3-1-10-20-16;7-6-4-2-1-3-5-6/h1,3-7,10-12,20H,2,8-9H2,(H2,19,21,22);1-5,7H. The second kappa shape index (κ2) is 8.53. The molecule has 0 radical (unpaired) electrons. The second-order valence-corrected chi connectivity index (χ2v) is 7.78. The van der Waals surface area contributed by atoms with Crippen LogP contribution in [0, 0.1) is 0 Å². The summed E-state index contributed by atoms with van der Waals surface area (Å²) in [6, 6.07) is 22.8. The first-order chi connectivity index (χ1) is 14.2. The van der Waals surface area contributed by atoms with Gasteiger partial charge in [-0.1, -0.05) is 48.9 Å². The van der Waals surface area contributed by atoms with Crippen LogP contribution in [0.15, 0.2) is 90.2 Å². The van der Waals surface area contributed by atoms with E-state index >= 15 is 0 Å². The van der Waals surface area contributed by atoms with Gasteiger partial charge in [0.25, 0.3) is 0 Å². The van der Waals surface area contributed by atoms with Crippen molar-refractivity contribution in [3.8, 4) is 11.1 Å². The monoisotopic (exact) mass is 400 g/mol. The van der Waals surface area contributed by atoms with Gasteiger partial charge in [-0.3, -0.25) is 0 Å². The third-order valence-electron chi connectivity index (χ3n) is 5.52. The third kappa shape index (κ3) is 4.20. The molecule has 0 bridgehead atoms. The molecular weight excluding hydrogens is 376 g/mol. The molecule has 4 nitrogen and oxygen atoms in total. The predicted octanol–water partition coefficient (Wildman–Crippen LogP) is 5.50. The lowest BCUT2D eigenvalue weighted by atomic mass is 9.62. The van der Waals surface area contributed by atoms with Crippen LogP contribution in [-0.2, 0) is 5.41 Å². The highest BCUT2D eigenvalue weighted by molar-refractivity contribution is 7.80. The van der Waals surface area contributed by atoms with Crippen LogP contribution in [0.1, 0.15) is 30.5 Å². The fraction of sp³-hybridized carbons (Fsp3) is 0.167. The molecule has 0 aliphatic heterocycles. The van der Waals surface area contributed by atoms with E-state index in [1.807, 2.05) is 36.5 Å². The zero-order chi connectivity index (χ0) is 20.1. The van der Waals surface area contributed by atoms with Crippen LogP contribution in [-0.4, -0.2) is 15.0 Å². The summed E-state index contributed by atoms with van der Waals surface area (Å²) in [6.07, 6.45) is 9.24. The van der Waals surface area contributed by atoms with E-state index in [0.717, 1.165) is 16.0 Å². The zero-order valence-corrected chi connectivity index (χ0v) is 17.0. The molecule has 0 saturated heterocycles. The minimum absolute atomic E-state index is 0.166. The van der Waals surface area contributed by atoms with E-state index in [9.17, 15) is 0 Å². The molecule has 146 valence electrons. The average Bonchev–Trinajstić information content (AvgIpc) is 3.24. The molecule has 3 N–H and O–H groups in total. The molecule has 1 aliphatic rings. The van der Waals surface area contributed by atoms with Gasteiger partial charge in [0.05, 0.1) is 0 Å². The average molecular weight is 401 g/mol. The Morgan fingerprint density at radius 2 is 1.52 bits per heavy atom. The van der Waals surface area contributed by atoms with Gasteiger partial charge in [-0.2, -0.15) is 0 Å². The largest absolute Gasteiger partial charge is 0.368 e. The summed E-state index contributed by atoms with van der Waals surface area (Å²) in [4.78, 5) is 12.5. The van der Waals surface area contributed by atoms with E-state index in [1.165, 1.54) is 30.5 Å². The molecule has 2 heterocycles. The van der Waals surface area contributed by atoms with Gasteiger partial charge in [0.1, 0.15) is 0 Å². The Morgan fingerprint density at radius 1 is 0.828 bits per heavy atom. The first-order valence-electron chi connectivity index (χ1n) is 9.74. The first-order valence-corrected chi connectivity index (χ1v) is 10.2. The number of rotatable bonds is 3. The predicted molar refractivity (Wildman–Crippen MR) is 121 cm³/mol. The molecule has 0 atom stereocenters. The number of anilines is 1. The fourth-order valence-corrected chi connectivity index (χ4v) is 3.94. The summed E-state index contributed by atoms with van der Waals surface area (Å²) in [5.41, 5.74) is 10.5. The summed E-state index contributed by atoms with van der Waals surface area (Å²) < 4.78 is 0. The molecular formula is C24H24N4S. The molecule has 2 aromatic heterocycles. The minimum atomic E-state index is 0.166. The maximum absolute atomic E-state index is 5.54. The number of aromatic amines is 1. The number of nitrogens with zero attached hydrogens (tertiary/aromatic N) is 2. The van der Waals surface area contributed by atoms with E-state index in [2.05, 4.69) is 64.0 Å². The Labute approximate surface area is 176 Å². The summed E-state index contributed by atoms with van der Waals surface area (Å²) >= 11 is 4.08. The van der Waals surface area contributed by atoms with Gasteiger partial charge < -0.3 is 10.7 Å². The molecule has 0 unspecified atom stereocenters. The van der Waals surface area contributed by atoms with Crippen molar-refractivity contribution in [2.75, 3.05) is 5.73 Å². The molecule has 0 amide bonds. The van der Waals surface area contributed by atoms with E-state index < -0.39 is 0 Å². The molecule has 1 fully saturated rings. The van der Waals surface area contributed by atoms with Crippen molar-refractivity contribution >= 4 is 18.6 Å². The minimum Gasteiger partial charge on any atom is -0.368 e. The lowest BCUT2D eigenvalue weighted by Gasteiger charge is -2.42. The van der Waals surface area contributed by atoms with Gasteiger partial charge in [0.15, 0.2) is 0 Å². The maximum atomic E-state index is 5.54. The number of H-pyrrole nitrogens is 1. The fourth-order valence-electron chi connectivity index (χ4n) is 3.77. The van der Waals surface area contributed by atoms with Crippen LogP contribution >= 0.6 is 12.6 Å². The zero-order valence-electron chi connectivity index (χ0n) is 16.1. The van der Waals surface area contributed by atoms with Crippen molar-refractivity contribution in [2.45, 2.75) is 29.6 Å². The van der Waals surface area contributed by atoms with Crippen LogP contribution in [0.25, 0.3) is 11.1 Å². The highest BCUT2D eigenvalue weighted by Crippen LogP contribution is 2.48. The smallest absolute Gasteiger partial charge is 0.219 e. The number of hydrogen-bond donors (Lipinski definition) is 3. The molecule has 5 heteroatoms. The van der Waals surface area contributed by atoms with Crippen molar-refractivity contribution in [1.29, 1.82) is 0 Å². The number of nitrogens with one attached hydrogen (secondary N) is 1. The number of nitrogen functional groups attached to an aromatic ring is 1. The molecule has 0 spiro atoms. The van der Waals surface area contributed by atoms with Crippen LogP contribution in [0.3, 0.4) is 0 Å². The number of hydrogen-bond acceptors (Lipinski definition) is 4. The van der Waals surface area contributed by atoms with Gasteiger partial charge in [-0.05, 0) is 48.2 Å². The van der Waals surface area contributed by atoms with Crippen molar-refractivity contribution in [3.05, 3.63) is 96.6 Å². The van der Waals surface area contributed by atoms with Crippen molar-refractivity contribution in [1.82, 2.24) is 15.0 Å². The molecule has 5 rings (SSSR count). The Bertz CT molecular complexity index is 1020. The highest BCUT2D eigenvalue weighted by atomic mass is 32.1. The summed E-state index contributed by atoms with van der Waals surface area (Å²) in [5, 5.41) is 0. The van der Waals surface area contributed by atoms with Gasteiger partial charge in [-0.25, -0.2) is 9.97 Å². The SMILES string of the molecule is Nc1ncc(-c2ccc(C3(c4ccc[nH]4)CCC3)cc2)cn1.Sc1ccccc1. The first kappa shape index (κ1) is 19.3. The van der Waals surface area contributed by atoms with Crippen molar-refractivity contribution in [3.63, 3.8) is 0 Å². The molecule has 1 saturated carbocycles. The Balaban J connectivity index is 0.000000249. The van der Waals surface area contributed by atoms with E-state index in [4.69, 9.17) is 5.73 Å². The normalized spacial score (nSPS) is 14.4. The Hall–Kier alpha value is -3.05. The highest BCUT2D eigenvalue weighted by Gasteiger charge is 2.40. The van der Waals surface area contributed by atoms with E-state index in [0.29, 0.717) is 5.95 Å². The maximum Gasteiger partial charge on any atom is 0.219 e. The topological polar surface area (TPSA) is 67.6 Å². The van der Waals surface area contributed by atoms with Crippen molar-refractivity contribution in [2.24, 2.45) is 0 Å². The van der Waals surface area contributed by atoms with Gasteiger partial charge in [0, 0.05) is 40.2 Å². The molecule has 1 aliphatic carbocycles. The molecule has 2 aromatic carbocycles. The molecule has 4 aromatic rings. The van der Waals surface area contributed by atoms with E-state index in [-0.39, 0.29) is 5.41 Å². The summed E-state index contributed by atoms with van der Waals surface area (Å²) in [6.45, 7) is 0. The van der Waals surface area contributed by atoms with E-state index in [1.54, 1.807) is 12.4 Å². The lowest BCUT2D eigenvalue weighted by molar-refractivity contribution is 0.295. The number of aromatic nitrogens is 3.